The number of rotatable bonds is 4. The number of thiazole rings is 1. The average molecular weight is 269 g/mol. The minimum Gasteiger partial charge on any atom is -0.477 e. The van der Waals surface area contributed by atoms with E-state index in [1.54, 1.807) is 7.11 Å². The Bertz CT molecular complexity index is 430. The van der Waals surface area contributed by atoms with Crippen molar-refractivity contribution in [3.8, 4) is 0 Å². The van der Waals surface area contributed by atoms with Crippen LogP contribution >= 0.6 is 11.3 Å². The summed E-state index contributed by atoms with van der Waals surface area (Å²) in [5.41, 5.74) is 0.572. The standard InChI is InChI=1S/C13H19NO3S/c1-8-4-3-5-9(6-8)12-14-10(7-17-2)11(18-12)13(15)16/h8-9H,3-7H2,1-2H3,(H,15,16). The monoisotopic (exact) mass is 269 g/mol. The lowest BCUT2D eigenvalue weighted by molar-refractivity contribution is 0.0697. The highest BCUT2D eigenvalue weighted by molar-refractivity contribution is 7.13. The van der Waals surface area contributed by atoms with Crippen LogP contribution < -0.4 is 0 Å². The molecule has 5 heteroatoms. The third kappa shape index (κ3) is 2.90. The number of ether oxygens (including phenoxy) is 1. The van der Waals surface area contributed by atoms with Gasteiger partial charge >= 0.3 is 5.97 Å². The molecule has 2 unspecified atom stereocenters. The van der Waals surface area contributed by atoms with Crippen molar-refractivity contribution in [1.29, 1.82) is 0 Å². The Morgan fingerprint density at radius 1 is 1.56 bits per heavy atom. The highest BCUT2D eigenvalue weighted by Gasteiger charge is 2.26. The first-order valence-corrected chi connectivity index (χ1v) is 7.15. The predicted octanol–water partition coefficient (Wildman–Crippen LogP) is 3.28. The molecular weight excluding hydrogens is 250 g/mol. The maximum Gasteiger partial charge on any atom is 0.347 e. The van der Waals surface area contributed by atoms with E-state index in [4.69, 9.17) is 4.74 Å². The molecule has 4 nitrogen and oxygen atoms in total. The molecular formula is C13H19NO3S. The summed E-state index contributed by atoms with van der Waals surface area (Å²) in [7, 11) is 1.56. The molecule has 0 amide bonds. The Morgan fingerprint density at radius 3 is 2.94 bits per heavy atom. The van der Waals surface area contributed by atoms with E-state index in [0.29, 0.717) is 22.4 Å². The van der Waals surface area contributed by atoms with Gasteiger partial charge in [-0.15, -0.1) is 11.3 Å². The predicted molar refractivity (Wildman–Crippen MR) is 70.2 cm³/mol. The molecule has 18 heavy (non-hydrogen) atoms. The lowest BCUT2D eigenvalue weighted by Crippen LogP contribution is -2.11. The first kappa shape index (κ1) is 13.5. The number of aromatic carboxylic acids is 1. The zero-order valence-corrected chi connectivity index (χ0v) is 11.6. The molecule has 1 fully saturated rings. The van der Waals surface area contributed by atoms with E-state index >= 15 is 0 Å². The van der Waals surface area contributed by atoms with Crippen molar-refractivity contribution in [3.05, 3.63) is 15.6 Å². The molecule has 1 saturated carbocycles. The Kier molecular flexibility index (Phi) is 4.35. The van der Waals surface area contributed by atoms with Crippen LogP contribution in [0.25, 0.3) is 0 Å². The van der Waals surface area contributed by atoms with Crippen LogP contribution in [0.5, 0.6) is 0 Å². The number of carboxylic acid groups (broad SMARTS) is 1. The van der Waals surface area contributed by atoms with Crippen molar-refractivity contribution in [1.82, 2.24) is 4.98 Å². The molecule has 1 aromatic rings. The SMILES string of the molecule is COCc1nc(C2CCCC(C)C2)sc1C(=O)O. The molecule has 1 N–H and O–H groups in total. The van der Waals surface area contributed by atoms with Gasteiger partial charge in [0.05, 0.1) is 17.3 Å². The zero-order valence-electron chi connectivity index (χ0n) is 10.8. The van der Waals surface area contributed by atoms with Crippen LogP contribution in [-0.4, -0.2) is 23.2 Å². The molecule has 0 bridgehead atoms. The molecule has 2 atom stereocenters. The van der Waals surface area contributed by atoms with Crippen molar-refractivity contribution < 1.29 is 14.6 Å². The van der Waals surface area contributed by atoms with Gasteiger partial charge in [0.25, 0.3) is 0 Å². The van der Waals surface area contributed by atoms with Gasteiger partial charge in [0, 0.05) is 13.0 Å². The summed E-state index contributed by atoms with van der Waals surface area (Å²) in [6.07, 6.45) is 4.74. The number of methoxy groups -OCH3 is 1. The van der Waals surface area contributed by atoms with E-state index in [0.717, 1.165) is 17.8 Å². The first-order chi connectivity index (χ1) is 8.61. The van der Waals surface area contributed by atoms with Crippen molar-refractivity contribution in [2.45, 2.75) is 45.1 Å². The summed E-state index contributed by atoms with van der Waals surface area (Å²) in [4.78, 5) is 16.0. The van der Waals surface area contributed by atoms with E-state index in [2.05, 4.69) is 11.9 Å². The van der Waals surface area contributed by atoms with Crippen LogP contribution in [-0.2, 0) is 11.3 Å². The second-order valence-electron chi connectivity index (χ2n) is 5.03. The van der Waals surface area contributed by atoms with Crippen LogP contribution in [0.1, 0.15) is 58.9 Å². The third-order valence-electron chi connectivity index (χ3n) is 3.47. The second-order valence-corrected chi connectivity index (χ2v) is 6.07. The van der Waals surface area contributed by atoms with Crippen molar-refractivity contribution in [2.24, 2.45) is 5.92 Å². The van der Waals surface area contributed by atoms with E-state index < -0.39 is 5.97 Å². The minimum atomic E-state index is -0.894. The smallest absolute Gasteiger partial charge is 0.347 e. The molecule has 100 valence electrons. The Hall–Kier alpha value is -0.940. The number of aromatic nitrogens is 1. The van der Waals surface area contributed by atoms with Gasteiger partial charge in [-0.1, -0.05) is 19.8 Å². The van der Waals surface area contributed by atoms with Gasteiger partial charge in [-0.2, -0.15) is 0 Å². The Morgan fingerprint density at radius 2 is 2.33 bits per heavy atom. The maximum atomic E-state index is 11.2. The molecule has 1 aromatic heterocycles. The number of hydrogen-bond donors (Lipinski definition) is 1. The maximum absolute atomic E-state index is 11.2. The van der Waals surface area contributed by atoms with Crippen LogP contribution in [0.15, 0.2) is 0 Å². The lowest BCUT2D eigenvalue weighted by Gasteiger charge is -2.24. The van der Waals surface area contributed by atoms with Crippen LogP contribution in [0.4, 0.5) is 0 Å². The molecule has 0 aromatic carbocycles. The summed E-state index contributed by atoms with van der Waals surface area (Å²) in [5, 5.41) is 10.1. The summed E-state index contributed by atoms with van der Waals surface area (Å²) in [5.74, 6) is 0.254. The lowest BCUT2D eigenvalue weighted by atomic mass is 9.83. The van der Waals surface area contributed by atoms with Gasteiger partial charge in [0.2, 0.25) is 0 Å². The molecule has 2 rings (SSSR count). The third-order valence-corrected chi connectivity index (χ3v) is 4.72. The Balaban J connectivity index is 2.22. The molecule has 1 heterocycles. The number of carboxylic acids is 1. The molecule has 1 aliphatic rings. The van der Waals surface area contributed by atoms with E-state index in [9.17, 15) is 9.90 Å². The van der Waals surface area contributed by atoms with Crippen LogP contribution in [0.3, 0.4) is 0 Å². The first-order valence-electron chi connectivity index (χ1n) is 6.33. The quantitative estimate of drug-likeness (QED) is 0.911. The molecule has 0 spiro atoms. The van der Waals surface area contributed by atoms with Crippen molar-refractivity contribution in [3.63, 3.8) is 0 Å². The minimum absolute atomic E-state index is 0.278. The number of hydrogen-bond acceptors (Lipinski definition) is 4. The van der Waals surface area contributed by atoms with Gasteiger partial charge in [-0.3, -0.25) is 0 Å². The summed E-state index contributed by atoms with van der Waals surface area (Å²) in [6.45, 7) is 2.54. The van der Waals surface area contributed by atoms with Gasteiger partial charge in [-0.05, 0) is 18.8 Å². The van der Waals surface area contributed by atoms with Crippen molar-refractivity contribution >= 4 is 17.3 Å². The van der Waals surface area contributed by atoms with Crippen molar-refractivity contribution in [2.75, 3.05) is 7.11 Å². The normalized spacial score (nSPS) is 24.1. The number of nitrogens with zero attached hydrogens (tertiary/aromatic N) is 1. The summed E-state index contributed by atoms with van der Waals surface area (Å²) >= 11 is 1.33. The molecule has 0 radical (unpaired) electrons. The fraction of sp³-hybridized carbons (Fsp3) is 0.692. The van der Waals surface area contributed by atoms with Crippen LogP contribution in [0, 0.1) is 5.92 Å². The zero-order chi connectivity index (χ0) is 13.1. The van der Waals surface area contributed by atoms with Gasteiger partial charge in [-0.25, -0.2) is 9.78 Å². The van der Waals surface area contributed by atoms with E-state index in [1.807, 2.05) is 0 Å². The largest absolute Gasteiger partial charge is 0.477 e. The highest BCUT2D eigenvalue weighted by atomic mass is 32.1. The van der Waals surface area contributed by atoms with E-state index in [1.165, 1.54) is 24.2 Å². The Labute approximate surface area is 111 Å². The number of carbonyl (C=O) groups is 1. The molecule has 1 aliphatic carbocycles. The topological polar surface area (TPSA) is 59.4 Å². The molecule has 0 saturated heterocycles. The molecule has 0 aliphatic heterocycles. The van der Waals surface area contributed by atoms with Crippen LogP contribution in [0.2, 0.25) is 0 Å². The summed E-state index contributed by atoms with van der Waals surface area (Å²) in [6, 6.07) is 0. The van der Waals surface area contributed by atoms with E-state index in [-0.39, 0.29) is 6.61 Å². The average Bonchev–Trinajstić information content (AvgIpc) is 2.74. The highest BCUT2D eigenvalue weighted by Crippen LogP contribution is 2.38. The second kappa shape index (κ2) is 5.80. The van der Waals surface area contributed by atoms with Gasteiger partial charge in [0.15, 0.2) is 0 Å². The summed E-state index contributed by atoms with van der Waals surface area (Å²) < 4.78 is 5.02. The van der Waals surface area contributed by atoms with Gasteiger partial charge < -0.3 is 9.84 Å². The fourth-order valence-corrected chi connectivity index (χ4v) is 3.66. The van der Waals surface area contributed by atoms with Gasteiger partial charge in [0.1, 0.15) is 4.88 Å². The fourth-order valence-electron chi connectivity index (χ4n) is 2.60.